The molecule has 2 N–H and O–H groups in total. The second kappa shape index (κ2) is 6.44. The van der Waals surface area contributed by atoms with Gasteiger partial charge >= 0.3 is 0 Å². The van der Waals surface area contributed by atoms with Crippen LogP contribution >= 0.6 is 11.6 Å². The first kappa shape index (κ1) is 15.8. The predicted molar refractivity (Wildman–Crippen MR) is 83.3 cm³/mol. The van der Waals surface area contributed by atoms with Gasteiger partial charge in [-0.05, 0) is 32.0 Å². The minimum atomic E-state index is -0.642. The van der Waals surface area contributed by atoms with Gasteiger partial charge in [-0.25, -0.2) is 0 Å². The van der Waals surface area contributed by atoms with Crippen molar-refractivity contribution in [1.29, 1.82) is 5.26 Å². The lowest BCUT2D eigenvalue weighted by atomic mass is 10.00. The number of halogens is 1. The number of nitrogens with one attached hydrogen (secondary N) is 2. The van der Waals surface area contributed by atoms with Gasteiger partial charge in [0.1, 0.15) is 6.07 Å². The molecule has 6 heteroatoms. The molecule has 1 aliphatic rings. The molecule has 1 aromatic carbocycles. The second-order valence-corrected chi connectivity index (χ2v) is 5.99. The standard InChI is InChI=1S/C15H19ClN4O/c1-15(2,20-7-5-18-6-8-20)14(21)19-13-9-12(16)4-3-11(13)10-17/h3-4,9,18H,5-8H2,1-2H3,(H,19,21). The third-order valence-electron chi connectivity index (χ3n) is 3.81. The van der Waals surface area contributed by atoms with Crippen molar-refractivity contribution in [3.63, 3.8) is 0 Å². The maximum Gasteiger partial charge on any atom is 0.244 e. The zero-order chi connectivity index (χ0) is 15.5. The minimum absolute atomic E-state index is 0.136. The van der Waals surface area contributed by atoms with E-state index in [0.717, 1.165) is 26.2 Å². The predicted octanol–water partition coefficient (Wildman–Crippen LogP) is 1.83. The number of carbonyl (C=O) groups is 1. The molecule has 1 fully saturated rings. The number of benzene rings is 1. The molecule has 112 valence electrons. The Hall–Kier alpha value is -1.61. The summed E-state index contributed by atoms with van der Waals surface area (Å²) < 4.78 is 0. The summed E-state index contributed by atoms with van der Waals surface area (Å²) in [6, 6.07) is 6.91. The molecule has 2 rings (SSSR count). The molecule has 1 aromatic rings. The third kappa shape index (κ3) is 3.53. The summed E-state index contributed by atoms with van der Waals surface area (Å²) in [6.45, 7) is 7.17. The van der Waals surface area contributed by atoms with E-state index in [0.29, 0.717) is 16.3 Å². The van der Waals surface area contributed by atoms with E-state index in [2.05, 4.69) is 21.6 Å². The Labute approximate surface area is 129 Å². The zero-order valence-corrected chi connectivity index (χ0v) is 13.0. The van der Waals surface area contributed by atoms with Crippen LogP contribution in [-0.4, -0.2) is 42.5 Å². The van der Waals surface area contributed by atoms with Gasteiger partial charge in [-0.3, -0.25) is 9.69 Å². The van der Waals surface area contributed by atoms with Crippen LogP contribution in [0.15, 0.2) is 18.2 Å². The van der Waals surface area contributed by atoms with Gasteiger partial charge in [0.15, 0.2) is 0 Å². The fraction of sp³-hybridized carbons (Fsp3) is 0.467. The van der Waals surface area contributed by atoms with E-state index in [1.165, 1.54) is 0 Å². The van der Waals surface area contributed by atoms with Crippen LogP contribution in [0.4, 0.5) is 5.69 Å². The Morgan fingerprint density at radius 1 is 1.43 bits per heavy atom. The second-order valence-electron chi connectivity index (χ2n) is 5.55. The van der Waals surface area contributed by atoms with Crippen molar-refractivity contribution in [3.05, 3.63) is 28.8 Å². The van der Waals surface area contributed by atoms with Crippen LogP contribution in [0, 0.1) is 11.3 Å². The summed E-state index contributed by atoms with van der Waals surface area (Å²) in [4.78, 5) is 14.7. The molecule has 21 heavy (non-hydrogen) atoms. The molecule has 1 amide bonds. The molecule has 1 heterocycles. The Morgan fingerprint density at radius 2 is 2.10 bits per heavy atom. The highest BCUT2D eigenvalue weighted by molar-refractivity contribution is 6.31. The highest BCUT2D eigenvalue weighted by Crippen LogP contribution is 2.23. The first-order valence-corrected chi connectivity index (χ1v) is 7.30. The maximum absolute atomic E-state index is 12.6. The monoisotopic (exact) mass is 306 g/mol. The van der Waals surface area contributed by atoms with Crippen molar-refractivity contribution >= 4 is 23.2 Å². The molecule has 0 radical (unpaired) electrons. The molecule has 5 nitrogen and oxygen atoms in total. The van der Waals surface area contributed by atoms with Crippen LogP contribution < -0.4 is 10.6 Å². The van der Waals surface area contributed by atoms with E-state index in [1.807, 2.05) is 13.8 Å². The van der Waals surface area contributed by atoms with Crippen molar-refractivity contribution in [2.24, 2.45) is 0 Å². The van der Waals surface area contributed by atoms with E-state index < -0.39 is 5.54 Å². The number of carbonyl (C=O) groups excluding carboxylic acids is 1. The highest BCUT2D eigenvalue weighted by atomic mass is 35.5. The number of rotatable bonds is 3. The Kier molecular flexibility index (Phi) is 4.84. The molecule has 0 atom stereocenters. The summed E-state index contributed by atoms with van der Waals surface area (Å²) in [5, 5.41) is 15.7. The molecule has 0 aromatic heterocycles. The number of piperazine rings is 1. The third-order valence-corrected chi connectivity index (χ3v) is 4.05. The Bertz CT molecular complexity index is 574. The summed E-state index contributed by atoms with van der Waals surface area (Å²) >= 11 is 5.94. The van der Waals surface area contributed by atoms with Crippen LogP contribution in [0.25, 0.3) is 0 Å². The van der Waals surface area contributed by atoms with Crippen molar-refractivity contribution in [3.8, 4) is 6.07 Å². The van der Waals surface area contributed by atoms with Crippen molar-refractivity contribution in [2.45, 2.75) is 19.4 Å². The van der Waals surface area contributed by atoms with E-state index >= 15 is 0 Å². The first-order chi connectivity index (χ1) is 9.95. The van der Waals surface area contributed by atoms with Crippen molar-refractivity contribution < 1.29 is 4.79 Å². The summed E-state index contributed by atoms with van der Waals surface area (Å²) in [5.41, 5.74) is 0.221. The van der Waals surface area contributed by atoms with Gasteiger partial charge in [-0.2, -0.15) is 5.26 Å². The molecule has 0 saturated carbocycles. The van der Waals surface area contributed by atoms with Gasteiger partial charge < -0.3 is 10.6 Å². The number of anilines is 1. The number of nitrogens with zero attached hydrogens (tertiary/aromatic N) is 2. The van der Waals surface area contributed by atoms with Crippen LogP contribution in [-0.2, 0) is 4.79 Å². The van der Waals surface area contributed by atoms with E-state index in [4.69, 9.17) is 16.9 Å². The van der Waals surface area contributed by atoms with E-state index in [-0.39, 0.29) is 5.91 Å². The molecule has 0 unspecified atom stereocenters. The number of hydrogen-bond donors (Lipinski definition) is 2. The highest BCUT2D eigenvalue weighted by Gasteiger charge is 2.35. The molecular weight excluding hydrogens is 288 g/mol. The molecule has 0 bridgehead atoms. The maximum atomic E-state index is 12.6. The van der Waals surface area contributed by atoms with Crippen LogP contribution in [0.2, 0.25) is 5.02 Å². The van der Waals surface area contributed by atoms with Gasteiger partial charge in [0.05, 0.1) is 16.8 Å². The van der Waals surface area contributed by atoms with Gasteiger partial charge in [0.2, 0.25) is 5.91 Å². The van der Waals surface area contributed by atoms with Crippen molar-refractivity contribution in [1.82, 2.24) is 10.2 Å². The molecular formula is C15H19ClN4O. The summed E-state index contributed by atoms with van der Waals surface area (Å²) in [6.07, 6.45) is 0. The van der Waals surface area contributed by atoms with E-state index in [9.17, 15) is 4.79 Å². The summed E-state index contributed by atoms with van der Waals surface area (Å²) in [7, 11) is 0. The SMILES string of the molecule is CC(C)(C(=O)Nc1cc(Cl)ccc1C#N)N1CCNCC1. The normalized spacial score (nSPS) is 16.3. The van der Waals surface area contributed by atoms with Crippen LogP contribution in [0.1, 0.15) is 19.4 Å². The smallest absolute Gasteiger partial charge is 0.244 e. The fourth-order valence-corrected chi connectivity index (χ4v) is 2.53. The minimum Gasteiger partial charge on any atom is -0.323 e. The summed E-state index contributed by atoms with van der Waals surface area (Å²) in [5.74, 6) is -0.136. The van der Waals surface area contributed by atoms with Crippen LogP contribution in [0.5, 0.6) is 0 Å². The molecule has 1 saturated heterocycles. The number of amides is 1. The van der Waals surface area contributed by atoms with Gasteiger partial charge in [-0.1, -0.05) is 11.6 Å². The first-order valence-electron chi connectivity index (χ1n) is 6.92. The largest absolute Gasteiger partial charge is 0.323 e. The van der Waals surface area contributed by atoms with Gasteiger partial charge in [-0.15, -0.1) is 0 Å². The topological polar surface area (TPSA) is 68.2 Å². The lowest BCUT2D eigenvalue weighted by Crippen LogP contribution is -2.58. The van der Waals surface area contributed by atoms with E-state index in [1.54, 1.807) is 18.2 Å². The number of nitriles is 1. The lowest BCUT2D eigenvalue weighted by Gasteiger charge is -2.39. The average molecular weight is 307 g/mol. The van der Waals surface area contributed by atoms with Crippen LogP contribution in [0.3, 0.4) is 0 Å². The number of hydrogen-bond acceptors (Lipinski definition) is 4. The molecule has 0 aliphatic carbocycles. The van der Waals surface area contributed by atoms with Gasteiger partial charge in [0.25, 0.3) is 0 Å². The van der Waals surface area contributed by atoms with Crippen molar-refractivity contribution in [2.75, 3.05) is 31.5 Å². The molecule has 1 aliphatic heterocycles. The zero-order valence-electron chi connectivity index (χ0n) is 12.2. The van der Waals surface area contributed by atoms with Gasteiger partial charge in [0, 0.05) is 31.2 Å². The molecule has 0 spiro atoms. The lowest BCUT2D eigenvalue weighted by molar-refractivity contribution is -0.126. The fourth-order valence-electron chi connectivity index (χ4n) is 2.36. The Morgan fingerprint density at radius 3 is 2.71 bits per heavy atom. The quantitative estimate of drug-likeness (QED) is 0.894. The Balaban J connectivity index is 2.17. The average Bonchev–Trinajstić information content (AvgIpc) is 2.48.